The first-order chi connectivity index (χ1) is 8.90. The molecule has 0 aliphatic carbocycles. The lowest BCUT2D eigenvalue weighted by molar-refractivity contribution is 0.428. The molecule has 1 saturated heterocycles. The van der Waals surface area contributed by atoms with E-state index in [1.807, 2.05) is 0 Å². The molecule has 1 fully saturated rings. The minimum Gasteiger partial charge on any atom is -0.315 e. The maximum atomic E-state index is 13.3. The summed E-state index contributed by atoms with van der Waals surface area (Å²) in [7, 11) is -3.72. The van der Waals surface area contributed by atoms with E-state index in [2.05, 4.69) is 10.0 Å². The van der Waals surface area contributed by atoms with Gasteiger partial charge in [0.05, 0.1) is 5.02 Å². The molecule has 1 aliphatic heterocycles. The Bertz CT molecular complexity index is 571. The molecule has 1 atom stereocenters. The third-order valence-electron chi connectivity index (χ3n) is 3.12. The van der Waals surface area contributed by atoms with Gasteiger partial charge in [0.1, 0.15) is 10.7 Å². The average Bonchev–Trinajstić information content (AvgIpc) is 2.34. The first kappa shape index (κ1) is 14.7. The van der Waals surface area contributed by atoms with E-state index in [0.717, 1.165) is 25.5 Å². The number of aryl methyl sites for hydroxylation is 1. The van der Waals surface area contributed by atoms with Gasteiger partial charge in [-0.2, -0.15) is 0 Å². The fraction of sp³-hybridized carbons (Fsp3) is 0.500. The van der Waals surface area contributed by atoms with Crippen molar-refractivity contribution in [2.45, 2.75) is 30.7 Å². The Morgan fingerprint density at radius 3 is 2.84 bits per heavy atom. The first-order valence-electron chi connectivity index (χ1n) is 6.09. The molecule has 0 radical (unpaired) electrons. The number of nitrogens with one attached hydrogen (secondary N) is 2. The van der Waals surface area contributed by atoms with Crippen molar-refractivity contribution in [1.82, 2.24) is 10.0 Å². The minimum absolute atomic E-state index is 0.0707. The molecule has 7 heteroatoms. The summed E-state index contributed by atoms with van der Waals surface area (Å²) in [5, 5.41) is 3.03. The van der Waals surface area contributed by atoms with E-state index in [1.165, 1.54) is 13.0 Å². The Morgan fingerprint density at radius 2 is 2.21 bits per heavy atom. The maximum absolute atomic E-state index is 13.3. The summed E-state index contributed by atoms with van der Waals surface area (Å²) in [6.07, 6.45) is 1.70. The van der Waals surface area contributed by atoms with E-state index in [0.29, 0.717) is 6.54 Å². The van der Waals surface area contributed by atoms with E-state index in [9.17, 15) is 12.8 Å². The molecule has 2 N–H and O–H groups in total. The zero-order chi connectivity index (χ0) is 14.0. The Hall–Kier alpha value is -0.690. The highest BCUT2D eigenvalue weighted by Crippen LogP contribution is 2.25. The van der Waals surface area contributed by atoms with Crippen LogP contribution in [0.2, 0.25) is 5.02 Å². The lowest BCUT2D eigenvalue weighted by Crippen LogP contribution is -2.45. The molecule has 0 bridgehead atoms. The summed E-state index contributed by atoms with van der Waals surface area (Å²) in [5.41, 5.74) is 0.256. The predicted molar refractivity (Wildman–Crippen MR) is 72.4 cm³/mol. The Balaban J connectivity index is 2.26. The number of hydrogen-bond donors (Lipinski definition) is 2. The van der Waals surface area contributed by atoms with Gasteiger partial charge >= 0.3 is 0 Å². The van der Waals surface area contributed by atoms with Crippen molar-refractivity contribution >= 4 is 21.6 Å². The second-order valence-corrected chi connectivity index (χ2v) is 6.79. The van der Waals surface area contributed by atoms with Crippen LogP contribution in [-0.4, -0.2) is 27.5 Å². The third kappa shape index (κ3) is 3.45. The summed E-state index contributed by atoms with van der Waals surface area (Å²) in [5.74, 6) is -0.511. The second-order valence-electron chi connectivity index (χ2n) is 4.70. The highest BCUT2D eigenvalue weighted by Gasteiger charge is 2.24. The molecule has 0 unspecified atom stereocenters. The fourth-order valence-electron chi connectivity index (χ4n) is 2.07. The zero-order valence-corrected chi connectivity index (χ0v) is 12.1. The smallest absolute Gasteiger partial charge is 0.242 e. The van der Waals surface area contributed by atoms with Crippen LogP contribution in [0.5, 0.6) is 0 Å². The minimum atomic E-state index is -3.72. The van der Waals surface area contributed by atoms with Crippen molar-refractivity contribution in [2.75, 3.05) is 13.1 Å². The van der Waals surface area contributed by atoms with Crippen LogP contribution in [0.15, 0.2) is 17.0 Å². The molecule has 1 aromatic rings. The molecule has 2 rings (SSSR count). The quantitative estimate of drug-likeness (QED) is 0.895. The van der Waals surface area contributed by atoms with E-state index in [4.69, 9.17) is 11.6 Å². The molecular formula is C12H16ClFN2O2S. The SMILES string of the molecule is Cc1cc(S(=O)(=O)N[C@H]2CCCNC2)c(Cl)cc1F. The normalized spacial score (nSPS) is 20.5. The number of benzene rings is 1. The summed E-state index contributed by atoms with van der Waals surface area (Å²) in [6, 6.07) is 2.14. The van der Waals surface area contributed by atoms with Crippen LogP contribution < -0.4 is 10.0 Å². The molecule has 1 aromatic carbocycles. The molecule has 1 aliphatic rings. The summed E-state index contributed by atoms with van der Waals surface area (Å²) >= 11 is 5.83. The van der Waals surface area contributed by atoms with Crippen LogP contribution in [0.4, 0.5) is 4.39 Å². The van der Waals surface area contributed by atoms with E-state index >= 15 is 0 Å². The van der Waals surface area contributed by atoms with Crippen molar-refractivity contribution in [3.63, 3.8) is 0 Å². The summed E-state index contributed by atoms with van der Waals surface area (Å²) in [6.45, 7) is 3.00. The molecule has 0 aromatic heterocycles. The van der Waals surface area contributed by atoms with Gasteiger partial charge in [0.15, 0.2) is 0 Å². The molecule has 4 nitrogen and oxygen atoms in total. The zero-order valence-electron chi connectivity index (χ0n) is 10.5. The largest absolute Gasteiger partial charge is 0.315 e. The van der Waals surface area contributed by atoms with Crippen molar-refractivity contribution in [2.24, 2.45) is 0 Å². The highest BCUT2D eigenvalue weighted by atomic mass is 35.5. The fourth-order valence-corrected chi connectivity index (χ4v) is 3.94. The molecule has 0 saturated carbocycles. The van der Waals surface area contributed by atoms with E-state index < -0.39 is 15.8 Å². The van der Waals surface area contributed by atoms with Crippen LogP contribution in [0.1, 0.15) is 18.4 Å². The number of halogens is 2. The first-order valence-corrected chi connectivity index (χ1v) is 7.95. The number of hydrogen-bond acceptors (Lipinski definition) is 3. The number of rotatable bonds is 3. The lowest BCUT2D eigenvalue weighted by atomic mass is 10.1. The molecule has 0 spiro atoms. The standard InChI is InChI=1S/C12H16ClFN2O2S/c1-8-5-12(10(13)6-11(8)14)19(17,18)16-9-3-2-4-15-7-9/h5-6,9,15-16H,2-4,7H2,1H3/t9-/m0/s1. The van der Waals surface area contributed by atoms with Crippen LogP contribution in [0, 0.1) is 12.7 Å². The van der Waals surface area contributed by atoms with E-state index in [1.54, 1.807) is 0 Å². The van der Waals surface area contributed by atoms with Gasteiger partial charge in [-0.15, -0.1) is 0 Å². The van der Waals surface area contributed by atoms with Gasteiger partial charge in [0, 0.05) is 12.6 Å². The van der Waals surface area contributed by atoms with Gasteiger partial charge in [-0.1, -0.05) is 11.6 Å². The van der Waals surface area contributed by atoms with Crippen LogP contribution in [0.3, 0.4) is 0 Å². The topological polar surface area (TPSA) is 58.2 Å². The van der Waals surface area contributed by atoms with Crippen molar-refractivity contribution in [1.29, 1.82) is 0 Å². The van der Waals surface area contributed by atoms with Crippen molar-refractivity contribution < 1.29 is 12.8 Å². The number of sulfonamides is 1. The molecule has 0 amide bonds. The van der Waals surface area contributed by atoms with Gasteiger partial charge in [-0.25, -0.2) is 17.5 Å². The maximum Gasteiger partial charge on any atom is 0.242 e. The van der Waals surface area contributed by atoms with Gasteiger partial charge < -0.3 is 5.32 Å². The Morgan fingerprint density at radius 1 is 1.47 bits per heavy atom. The molecule has 1 heterocycles. The Kier molecular flexibility index (Phi) is 4.45. The van der Waals surface area contributed by atoms with Crippen molar-refractivity contribution in [3.8, 4) is 0 Å². The monoisotopic (exact) mass is 306 g/mol. The second kappa shape index (κ2) is 5.75. The molecule has 106 valence electrons. The van der Waals surface area contributed by atoms with Crippen molar-refractivity contribution in [3.05, 3.63) is 28.5 Å². The summed E-state index contributed by atoms with van der Waals surface area (Å²) < 4.78 is 40.4. The van der Waals surface area contributed by atoms with Gasteiger partial charge in [0.25, 0.3) is 0 Å². The Labute approximate surface area is 117 Å². The average molecular weight is 307 g/mol. The predicted octanol–water partition coefficient (Wildman–Crippen LogP) is 1.82. The highest BCUT2D eigenvalue weighted by molar-refractivity contribution is 7.89. The third-order valence-corrected chi connectivity index (χ3v) is 5.11. The van der Waals surface area contributed by atoms with E-state index in [-0.39, 0.29) is 21.5 Å². The summed E-state index contributed by atoms with van der Waals surface area (Å²) in [4.78, 5) is -0.0707. The van der Waals surface area contributed by atoms with Gasteiger partial charge in [-0.3, -0.25) is 0 Å². The molecule has 19 heavy (non-hydrogen) atoms. The number of piperidine rings is 1. The lowest BCUT2D eigenvalue weighted by Gasteiger charge is -2.23. The van der Waals surface area contributed by atoms with Crippen LogP contribution >= 0.6 is 11.6 Å². The van der Waals surface area contributed by atoms with Gasteiger partial charge in [0.2, 0.25) is 10.0 Å². The van der Waals surface area contributed by atoms with Gasteiger partial charge in [-0.05, 0) is 44.0 Å². The van der Waals surface area contributed by atoms with Crippen LogP contribution in [-0.2, 0) is 10.0 Å². The molecular weight excluding hydrogens is 291 g/mol. The van der Waals surface area contributed by atoms with Crippen LogP contribution in [0.25, 0.3) is 0 Å².